The molecule has 0 radical (unpaired) electrons. The first-order chi connectivity index (χ1) is 13.5. The molecule has 0 aliphatic rings. The average Bonchev–Trinajstić information content (AvgIpc) is 3.14. The van der Waals surface area contributed by atoms with E-state index in [2.05, 4.69) is 18.8 Å². The van der Waals surface area contributed by atoms with Crippen molar-refractivity contribution in [2.45, 2.75) is 33.9 Å². The maximum absolute atomic E-state index is 12.9. The van der Waals surface area contributed by atoms with Crippen molar-refractivity contribution in [1.29, 1.82) is 0 Å². The van der Waals surface area contributed by atoms with Crippen LogP contribution in [0.25, 0.3) is 0 Å². The Hall–Kier alpha value is -2.66. The Bertz CT molecular complexity index is 906. The highest BCUT2D eigenvalue weighted by Gasteiger charge is 2.18. The van der Waals surface area contributed by atoms with E-state index in [0.29, 0.717) is 31.2 Å². The number of para-hydroxylation sites is 1. The molecular weight excluding hydrogens is 368 g/mol. The second-order valence-electron chi connectivity index (χ2n) is 7.23. The summed E-state index contributed by atoms with van der Waals surface area (Å²) in [6.07, 6.45) is 0. The molecule has 0 bridgehead atoms. The van der Waals surface area contributed by atoms with Gasteiger partial charge >= 0.3 is 0 Å². The van der Waals surface area contributed by atoms with Crippen LogP contribution in [0.3, 0.4) is 0 Å². The van der Waals surface area contributed by atoms with E-state index in [4.69, 9.17) is 4.74 Å². The molecule has 0 saturated carbocycles. The van der Waals surface area contributed by atoms with Gasteiger partial charge in [0.05, 0.1) is 12.2 Å². The third-order valence-corrected chi connectivity index (χ3v) is 5.16. The molecule has 1 aromatic heterocycles. The zero-order valence-electron chi connectivity index (χ0n) is 16.6. The topological polar surface area (TPSA) is 42.4 Å². The number of carbonyl (C=O) groups is 1. The molecular formula is C23H26N2O2S. The molecule has 0 unspecified atom stereocenters. The maximum Gasteiger partial charge on any atom is 0.254 e. The van der Waals surface area contributed by atoms with E-state index in [-0.39, 0.29) is 5.91 Å². The zero-order valence-corrected chi connectivity index (χ0v) is 17.4. The molecule has 5 heteroatoms. The summed E-state index contributed by atoms with van der Waals surface area (Å²) in [6, 6.07) is 17.4. The van der Waals surface area contributed by atoms with E-state index in [1.807, 2.05) is 71.8 Å². The Morgan fingerprint density at radius 1 is 1.11 bits per heavy atom. The summed E-state index contributed by atoms with van der Waals surface area (Å²) in [4.78, 5) is 19.5. The van der Waals surface area contributed by atoms with Crippen LogP contribution in [0.5, 0.6) is 5.75 Å². The van der Waals surface area contributed by atoms with E-state index >= 15 is 0 Å². The van der Waals surface area contributed by atoms with Crippen LogP contribution in [-0.2, 0) is 13.2 Å². The molecule has 0 aliphatic heterocycles. The van der Waals surface area contributed by atoms with Crippen molar-refractivity contribution < 1.29 is 9.53 Å². The van der Waals surface area contributed by atoms with E-state index in [1.165, 1.54) is 0 Å². The predicted octanol–water partition coefficient (Wildman–Crippen LogP) is 5.33. The van der Waals surface area contributed by atoms with Crippen LogP contribution in [0, 0.1) is 12.8 Å². The minimum absolute atomic E-state index is 0.0417. The summed E-state index contributed by atoms with van der Waals surface area (Å²) in [5.74, 6) is 1.30. The Kier molecular flexibility index (Phi) is 6.82. The standard InChI is InChI=1S/C23H26N2O2S/c1-17(2)13-25(23(26)19-10-5-4-6-11-19)14-20-16-28-22(24-20)15-27-21-12-8-7-9-18(21)3/h4-12,16-17H,13-15H2,1-3H3. The number of aryl methyl sites for hydroxylation is 1. The summed E-state index contributed by atoms with van der Waals surface area (Å²) in [7, 11) is 0. The van der Waals surface area contributed by atoms with Crippen LogP contribution in [-0.4, -0.2) is 22.3 Å². The van der Waals surface area contributed by atoms with Gasteiger partial charge in [-0.05, 0) is 36.6 Å². The normalized spacial score (nSPS) is 10.9. The van der Waals surface area contributed by atoms with Crippen molar-refractivity contribution in [3.63, 3.8) is 0 Å². The van der Waals surface area contributed by atoms with Crippen LogP contribution in [0.4, 0.5) is 0 Å². The van der Waals surface area contributed by atoms with Gasteiger partial charge in [0.2, 0.25) is 0 Å². The number of carbonyl (C=O) groups excluding carboxylic acids is 1. The monoisotopic (exact) mass is 394 g/mol. The molecule has 3 rings (SSSR count). The Morgan fingerprint density at radius 2 is 1.82 bits per heavy atom. The minimum atomic E-state index is 0.0417. The van der Waals surface area contributed by atoms with Gasteiger partial charge in [-0.25, -0.2) is 4.98 Å². The van der Waals surface area contributed by atoms with Gasteiger partial charge in [0.1, 0.15) is 17.4 Å². The molecule has 0 spiro atoms. The maximum atomic E-state index is 12.9. The van der Waals surface area contributed by atoms with Gasteiger partial charge in [-0.15, -0.1) is 11.3 Å². The SMILES string of the molecule is Cc1ccccc1OCc1nc(CN(CC(C)C)C(=O)c2ccccc2)cs1. The van der Waals surface area contributed by atoms with Gasteiger partial charge in [-0.3, -0.25) is 4.79 Å². The molecule has 1 amide bonds. The van der Waals surface area contributed by atoms with Gasteiger partial charge in [-0.1, -0.05) is 50.2 Å². The number of thiazole rings is 1. The minimum Gasteiger partial charge on any atom is -0.486 e. The number of nitrogens with zero attached hydrogens (tertiary/aromatic N) is 2. The summed E-state index contributed by atoms with van der Waals surface area (Å²) < 4.78 is 5.89. The predicted molar refractivity (Wildman–Crippen MR) is 114 cm³/mol. The average molecular weight is 395 g/mol. The zero-order chi connectivity index (χ0) is 19.9. The number of ether oxygens (including phenoxy) is 1. The van der Waals surface area contributed by atoms with Gasteiger partial charge < -0.3 is 9.64 Å². The van der Waals surface area contributed by atoms with E-state index in [1.54, 1.807) is 11.3 Å². The van der Waals surface area contributed by atoms with Gasteiger partial charge in [0.15, 0.2) is 0 Å². The summed E-state index contributed by atoms with van der Waals surface area (Å²) in [6.45, 7) is 7.91. The van der Waals surface area contributed by atoms with Crippen LogP contribution in [0.15, 0.2) is 60.0 Å². The molecule has 2 aromatic carbocycles. The van der Waals surface area contributed by atoms with Gasteiger partial charge in [0, 0.05) is 17.5 Å². The molecule has 0 atom stereocenters. The summed E-state index contributed by atoms with van der Waals surface area (Å²) >= 11 is 1.57. The third kappa shape index (κ3) is 5.42. The van der Waals surface area contributed by atoms with Crippen molar-refractivity contribution in [2.24, 2.45) is 5.92 Å². The second kappa shape index (κ2) is 9.51. The first kappa shape index (κ1) is 20.1. The van der Waals surface area contributed by atoms with Crippen LogP contribution in [0.2, 0.25) is 0 Å². The van der Waals surface area contributed by atoms with E-state index < -0.39 is 0 Å². The highest BCUT2D eigenvalue weighted by Crippen LogP contribution is 2.20. The Balaban J connectivity index is 1.66. The van der Waals surface area contributed by atoms with Crippen LogP contribution in [0.1, 0.15) is 40.5 Å². The lowest BCUT2D eigenvalue weighted by atomic mass is 10.1. The fraction of sp³-hybridized carbons (Fsp3) is 0.304. The fourth-order valence-electron chi connectivity index (χ4n) is 2.96. The lowest BCUT2D eigenvalue weighted by Crippen LogP contribution is -2.33. The molecule has 0 aliphatic carbocycles. The summed E-state index contributed by atoms with van der Waals surface area (Å²) in [5.41, 5.74) is 2.72. The molecule has 3 aromatic rings. The van der Waals surface area contributed by atoms with Crippen molar-refractivity contribution in [2.75, 3.05) is 6.54 Å². The highest BCUT2D eigenvalue weighted by molar-refractivity contribution is 7.09. The molecule has 0 saturated heterocycles. The molecule has 0 N–H and O–H groups in total. The van der Waals surface area contributed by atoms with Crippen LogP contribution < -0.4 is 4.74 Å². The van der Waals surface area contributed by atoms with Crippen molar-refractivity contribution >= 4 is 17.2 Å². The number of aromatic nitrogens is 1. The molecule has 4 nitrogen and oxygen atoms in total. The summed E-state index contributed by atoms with van der Waals surface area (Å²) in [5, 5.41) is 2.93. The third-order valence-electron chi connectivity index (χ3n) is 4.29. The Morgan fingerprint density at radius 3 is 2.54 bits per heavy atom. The van der Waals surface area contributed by atoms with Gasteiger partial charge in [-0.2, -0.15) is 0 Å². The second-order valence-corrected chi connectivity index (χ2v) is 8.17. The highest BCUT2D eigenvalue weighted by atomic mass is 32.1. The first-order valence-corrected chi connectivity index (χ1v) is 10.4. The quantitative estimate of drug-likeness (QED) is 0.519. The smallest absolute Gasteiger partial charge is 0.254 e. The lowest BCUT2D eigenvalue weighted by molar-refractivity contribution is 0.0720. The first-order valence-electron chi connectivity index (χ1n) is 9.49. The molecule has 0 fully saturated rings. The largest absolute Gasteiger partial charge is 0.486 e. The molecule has 146 valence electrons. The fourth-order valence-corrected chi connectivity index (χ4v) is 3.66. The van der Waals surface area contributed by atoms with Crippen molar-refractivity contribution in [3.05, 3.63) is 81.8 Å². The lowest BCUT2D eigenvalue weighted by Gasteiger charge is -2.24. The number of hydrogen-bond acceptors (Lipinski definition) is 4. The molecule has 1 heterocycles. The number of hydrogen-bond donors (Lipinski definition) is 0. The van der Waals surface area contributed by atoms with Crippen molar-refractivity contribution in [1.82, 2.24) is 9.88 Å². The van der Waals surface area contributed by atoms with Crippen LogP contribution >= 0.6 is 11.3 Å². The van der Waals surface area contributed by atoms with Gasteiger partial charge in [0.25, 0.3) is 5.91 Å². The number of amides is 1. The Labute approximate surface area is 170 Å². The van der Waals surface area contributed by atoms with Crippen molar-refractivity contribution in [3.8, 4) is 5.75 Å². The van der Waals surface area contributed by atoms with E-state index in [0.717, 1.165) is 22.0 Å². The number of benzene rings is 2. The number of rotatable bonds is 8. The van der Waals surface area contributed by atoms with E-state index in [9.17, 15) is 4.79 Å². The molecule has 28 heavy (non-hydrogen) atoms.